The van der Waals surface area contributed by atoms with Gasteiger partial charge in [-0.25, -0.2) is 4.79 Å². The number of carbonyl (C=O) groups excluding carboxylic acids is 2. The number of ether oxygens (including phenoxy) is 2. The number of aromatic nitrogens is 3. The number of benzene rings is 2. The Bertz CT molecular complexity index is 1480. The molecule has 1 N–H and O–H groups in total. The van der Waals surface area contributed by atoms with Crippen LogP contribution in [0, 0.1) is 13.8 Å². The number of nitrogens with one attached hydrogen (secondary N) is 1. The van der Waals surface area contributed by atoms with Crippen molar-refractivity contribution in [2.24, 2.45) is 0 Å². The maximum atomic E-state index is 12.9. The van der Waals surface area contributed by atoms with Crippen LogP contribution in [0.3, 0.4) is 0 Å². The molecule has 0 saturated heterocycles. The van der Waals surface area contributed by atoms with E-state index in [1.54, 1.807) is 12.1 Å². The summed E-state index contributed by atoms with van der Waals surface area (Å²) in [5.41, 5.74) is 3.63. The SMILES string of the molecule is CCn1c(COc2cc(C)c(Cl)c(C)c2)nnc1SCC(=O)Nc1scc(-c2ccc(Cl)cc2)c1C(=O)OC. The van der Waals surface area contributed by atoms with Crippen molar-refractivity contribution < 1.29 is 19.1 Å². The minimum absolute atomic E-state index is 0.0728. The van der Waals surface area contributed by atoms with Crippen molar-refractivity contribution >= 4 is 63.2 Å². The van der Waals surface area contributed by atoms with Crippen molar-refractivity contribution in [2.45, 2.75) is 39.1 Å². The second-order valence-electron chi connectivity index (χ2n) is 8.49. The summed E-state index contributed by atoms with van der Waals surface area (Å²) in [6.07, 6.45) is 0. The van der Waals surface area contributed by atoms with Crippen LogP contribution < -0.4 is 10.1 Å². The van der Waals surface area contributed by atoms with E-state index in [2.05, 4.69) is 15.5 Å². The summed E-state index contributed by atoms with van der Waals surface area (Å²) in [5, 5.41) is 15.5. The summed E-state index contributed by atoms with van der Waals surface area (Å²) in [4.78, 5) is 25.4. The van der Waals surface area contributed by atoms with Crippen LogP contribution in [0.1, 0.15) is 34.2 Å². The lowest BCUT2D eigenvalue weighted by molar-refractivity contribution is -0.113. The molecule has 0 aliphatic carbocycles. The molecule has 2 heterocycles. The molecule has 0 radical (unpaired) electrons. The number of thioether (sulfide) groups is 1. The van der Waals surface area contributed by atoms with Gasteiger partial charge in [0.05, 0.1) is 12.9 Å². The van der Waals surface area contributed by atoms with Gasteiger partial charge in [-0.15, -0.1) is 21.5 Å². The Morgan fingerprint density at radius 1 is 1.10 bits per heavy atom. The summed E-state index contributed by atoms with van der Waals surface area (Å²) in [6.45, 7) is 6.66. The molecule has 204 valence electrons. The lowest BCUT2D eigenvalue weighted by Gasteiger charge is -2.11. The number of halogens is 2. The van der Waals surface area contributed by atoms with Gasteiger partial charge in [0.2, 0.25) is 5.91 Å². The highest BCUT2D eigenvalue weighted by molar-refractivity contribution is 7.99. The summed E-state index contributed by atoms with van der Waals surface area (Å²) in [5.74, 6) is 0.591. The Hall–Kier alpha value is -3.05. The zero-order chi connectivity index (χ0) is 28.1. The topological polar surface area (TPSA) is 95.3 Å². The van der Waals surface area contributed by atoms with Crippen LogP contribution in [0.15, 0.2) is 46.9 Å². The van der Waals surface area contributed by atoms with Gasteiger partial charge < -0.3 is 19.4 Å². The van der Waals surface area contributed by atoms with Gasteiger partial charge in [-0.3, -0.25) is 4.79 Å². The average Bonchev–Trinajstić information content (AvgIpc) is 3.52. The standard InChI is InChI=1S/C27H26Cl2N4O4S2/c1-5-33-21(12-37-19-10-15(2)24(29)16(3)11-19)31-32-27(33)39-14-22(34)30-25-23(26(35)36-4)20(13-38-25)17-6-8-18(28)9-7-17/h6-11,13H,5,12,14H2,1-4H3,(H,30,34). The van der Waals surface area contributed by atoms with Gasteiger partial charge in [-0.05, 0) is 61.7 Å². The molecule has 0 spiro atoms. The van der Waals surface area contributed by atoms with E-state index in [1.807, 2.05) is 55.0 Å². The maximum Gasteiger partial charge on any atom is 0.341 e. The van der Waals surface area contributed by atoms with Gasteiger partial charge in [0.25, 0.3) is 0 Å². The smallest absolute Gasteiger partial charge is 0.341 e. The molecule has 4 aromatic rings. The number of hydrogen-bond donors (Lipinski definition) is 1. The number of rotatable bonds is 10. The minimum Gasteiger partial charge on any atom is -0.486 e. The van der Waals surface area contributed by atoms with Gasteiger partial charge in [0.1, 0.15) is 22.9 Å². The zero-order valence-corrected chi connectivity index (χ0v) is 24.9. The lowest BCUT2D eigenvalue weighted by atomic mass is 10.0. The molecule has 2 aromatic heterocycles. The van der Waals surface area contributed by atoms with Gasteiger partial charge >= 0.3 is 5.97 Å². The summed E-state index contributed by atoms with van der Waals surface area (Å²) < 4.78 is 12.8. The maximum absolute atomic E-state index is 12.9. The summed E-state index contributed by atoms with van der Waals surface area (Å²) in [6, 6.07) is 10.9. The van der Waals surface area contributed by atoms with Crippen molar-refractivity contribution in [2.75, 3.05) is 18.2 Å². The molecule has 0 aliphatic heterocycles. The molecule has 0 fully saturated rings. The largest absolute Gasteiger partial charge is 0.486 e. The number of aryl methyl sites for hydroxylation is 2. The van der Waals surface area contributed by atoms with Crippen LogP contribution in [0.25, 0.3) is 11.1 Å². The molecule has 0 aliphatic rings. The van der Waals surface area contributed by atoms with Gasteiger partial charge in [-0.2, -0.15) is 0 Å². The summed E-state index contributed by atoms with van der Waals surface area (Å²) >= 11 is 14.8. The number of hydrogen-bond acceptors (Lipinski definition) is 8. The first-order chi connectivity index (χ1) is 18.7. The van der Waals surface area contributed by atoms with Crippen molar-refractivity contribution in [3.63, 3.8) is 0 Å². The van der Waals surface area contributed by atoms with Gasteiger partial charge in [-0.1, -0.05) is 47.1 Å². The first-order valence-corrected chi connectivity index (χ1v) is 14.5. The minimum atomic E-state index is -0.536. The molecule has 0 atom stereocenters. The fourth-order valence-corrected chi connectivity index (χ4v) is 5.91. The van der Waals surface area contributed by atoms with E-state index in [1.165, 1.54) is 30.2 Å². The quantitative estimate of drug-likeness (QED) is 0.153. The van der Waals surface area contributed by atoms with Crippen LogP contribution in [0.2, 0.25) is 10.0 Å². The molecular weight excluding hydrogens is 579 g/mol. The molecular formula is C27H26Cl2N4O4S2. The first-order valence-electron chi connectivity index (χ1n) is 11.9. The Morgan fingerprint density at radius 3 is 2.44 bits per heavy atom. The monoisotopic (exact) mass is 604 g/mol. The number of carbonyl (C=O) groups is 2. The molecule has 12 heteroatoms. The van der Waals surface area contributed by atoms with Crippen molar-refractivity contribution in [1.82, 2.24) is 14.8 Å². The van der Waals surface area contributed by atoms with E-state index in [-0.39, 0.29) is 18.3 Å². The Kier molecular flexibility index (Phi) is 9.55. The third kappa shape index (κ3) is 6.75. The number of thiophene rings is 1. The molecule has 2 aromatic carbocycles. The van der Waals surface area contributed by atoms with E-state index >= 15 is 0 Å². The van der Waals surface area contributed by atoms with Crippen molar-refractivity contribution in [3.8, 4) is 16.9 Å². The van der Waals surface area contributed by atoms with E-state index in [4.69, 9.17) is 32.7 Å². The Morgan fingerprint density at radius 2 is 1.79 bits per heavy atom. The van der Waals surface area contributed by atoms with Crippen LogP contribution in [-0.2, 0) is 22.7 Å². The molecule has 0 saturated carbocycles. The molecule has 0 unspecified atom stereocenters. The molecule has 1 amide bonds. The number of esters is 1. The summed E-state index contributed by atoms with van der Waals surface area (Å²) in [7, 11) is 1.31. The number of methoxy groups -OCH3 is 1. The van der Waals surface area contributed by atoms with Crippen LogP contribution in [0.5, 0.6) is 5.75 Å². The first kappa shape index (κ1) is 28.9. The Balaban J connectivity index is 1.43. The molecule has 8 nitrogen and oxygen atoms in total. The van der Waals surface area contributed by atoms with Crippen LogP contribution >= 0.6 is 46.3 Å². The van der Waals surface area contributed by atoms with Gasteiger partial charge in [0.15, 0.2) is 11.0 Å². The molecule has 39 heavy (non-hydrogen) atoms. The van der Waals surface area contributed by atoms with E-state index in [0.29, 0.717) is 44.4 Å². The van der Waals surface area contributed by atoms with Crippen molar-refractivity contribution in [1.29, 1.82) is 0 Å². The molecule has 4 rings (SSSR count). The van der Waals surface area contributed by atoms with Crippen LogP contribution in [-0.4, -0.2) is 39.5 Å². The predicted octanol–water partition coefficient (Wildman–Crippen LogP) is 7.05. The second kappa shape index (κ2) is 12.9. The highest BCUT2D eigenvalue weighted by atomic mass is 35.5. The highest BCUT2D eigenvalue weighted by Gasteiger charge is 2.23. The Labute approximate surface area is 244 Å². The highest BCUT2D eigenvalue weighted by Crippen LogP contribution is 2.37. The van der Waals surface area contributed by atoms with Crippen molar-refractivity contribution in [3.05, 3.63) is 74.3 Å². The van der Waals surface area contributed by atoms with Gasteiger partial charge in [0, 0.05) is 27.5 Å². The third-order valence-electron chi connectivity index (χ3n) is 5.81. The second-order valence-corrected chi connectivity index (χ2v) is 11.1. The fraction of sp³-hybridized carbons (Fsp3) is 0.259. The lowest BCUT2D eigenvalue weighted by Crippen LogP contribution is -2.16. The van der Waals surface area contributed by atoms with Crippen LogP contribution in [0.4, 0.5) is 5.00 Å². The van der Waals surface area contributed by atoms with E-state index in [0.717, 1.165) is 21.7 Å². The third-order valence-corrected chi connectivity index (χ3v) is 8.52. The normalized spacial score (nSPS) is 10.9. The van der Waals surface area contributed by atoms with E-state index < -0.39 is 5.97 Å². The fourth-order valence-electron chi connectivity index (χ4n) is 3.88. The number of nitrogens with zero attached hydrogens (tertiary/aromatic N) is 3. The number of amides is 1. The zero-order valence-electron chi connectivity index (χ0n) is 21.7. The van der Waals surface area contributed by atoms with E-state index in [9.17, 15) is 9.59 Å². The average molecular weight is 606 g/mol. The molecule has 0 bridgehead atoms. The predicted molar refractivity (Wildman–Crippen MR) is 156 cm³/mol. The number of anilines is 1.